The van der Waals surface area contributed by atoms with E-state index < -0.39 is 10.0 Å². The highest BCUT2D eigenvalue weighted by atomic mass is 32.2. The molecule has 0 spiro atoms. The van der Waals surface area contributed by atoms with Crippen LogP contribution in [0.1, 0.15) is 48.4 Å². The van der Waals surface area contributed by atoms with Crippen molar-refractivity contribution in [3.63, 3.8) is 0 Å². The minimum Gasteiger partial charge on any atom is -0.325 e. The molecule has 33 heavy (non-hydrogen) atoms. The predicted octanol–water partition coefficient (Wildman–Crippen LogP) is 5.65. The number of nitrogens with zero attached hydrogens (tertiary/aromatic N) is 1. The molecule has 0 heterocycles. The number of anilines is 1. The minimum atomic E-state index is -3.87. The fraction of sp³-hybridized carbons (Fsp3) is 0.296. The van der Waals surface area contributed by atoms with Crippen molar-refractivity contribution in [2.75, 3.05) is 11.9 Å². The predicted molar refractivity (Wildman–Crippen MR) is 134 cm³/mol. The van der Waals surface area contributed by atoms with E-state index in [1.807, 2.05) is 68.4 Å². The summed E-state index contributed by atoms with van der Waals surface area (Å²) in [6.45, 7) is 7.94. The van der Waals surface area contributed by atoms with Gasteiger partial charge in [0, 0.05) is 12.2 Å². The fourth-order valence-corrected chi connectivity index (χ4v) is 5.00. The first-order valence-electron chi connectivity index (χ1n) is 11.2. The number of aryl methyl sites for hydroxylation is 2. The Hall–Kier alpha value is -2.96. The lowest BCUT2D eigenvalue weighted by Gasteiger charge is -2.22. The summed E-state index contributed by atoms with van der Waals surface area (Å²) in [6.07, 6.45) is 1.04. The third-order valence-corrected chi connectivity index (χ3v) is 7.80. The summed E-state index contributed by atoms with van der Waals surface area (Å²) in [5.74, 6) is 0.0638. The maximum absolute atomic E-state index is 13.5. The van der Waals surface area contributed by atoms with Crippen molar-refractivity contribution < 1.29 is 13.2 Å². The van der Waals surface area contributed by atoms with Crippen LogP contribution in [0.4, 0.5) is 5.69 Å². The number of hydrogen-bond acceptors (Lipinski definition) is 3. The molecule has 3 rings (SSSR count). The lowest BCUT2D eigenvalue weighted by Crippen LogP contribution is -2.37. The average Bonchev–Trinajstić information content (AvgIpc) is 2.81. The zero-order chi connectivity index (χ0) is 24.0. The first-order valence-corrected chi connectivity index (χ1v) is 12.7. The number of nitrogens with one attached hydrogen (secondary N) is 1. The topological polar surface area (TPSA) is 66.5 Å². The van der Waals surface area contributed by atoms with Crippen LogP contribution in [-0.2, 0) is 21.4 Å². The van der Waals surface area contributed by atoms with Crippen molar-refractivity contribution in [2.45, 2.75) is 51.5 Å². The molecule has 5 nitrogen and oxygen atoms in total. The Labute approximate surface area is 197 Å². The molecular formula is C27H32N2O3S. The van der Waals surface area contributed by atoms with Crippen LogP contribution in [0.25, 0.3) is 0 Å². The number of amides is 1. The Morgan fingerprint density at radius 3 is 2.21 bits per heavy atom. The minimum absolute atomic E-state index is 0.108. The fourth-order valence-electron chi connectivity index (χ4n) is 3.53. The van der Waals surface area contributed by atoms with Crippen LogP contribution in [0.15, 0.2) is 77.7 Å². The molecule has 0 aromatic heterocycles. The molecule has 0 saturated heterocycles. The molecule has 1 N–H and O–H groups in total. The van der Waals surface area contributed by atoms with Gasteiger partial charge in [-0.15, -0.1) is 0 Å². The lowest BCUT2D eigenvalue weighted by molar-refractivity contribution is -0.116. The van der Waals surface area contributed by atoms with Gasteiger partial charge in [-0.25, -0.2) is 8.42 Å². The summed E-state index contributed by atoms with van der Waals surface area (Å²) in [4.78, 5) is 13.1. The van der Waals surface area contributed by atoms with E-state index in [0.29, 0.717) is 11.6 Å². The summed E-state index contributed by atoms with van der Waals surface area (Å²) < 4.78 is 28.2. The molecule has 0 saturated carbocycles. The molecule has 0 radical (unpaired) electrons. The Bertz CT molecular complexity index is 1190. The van der Waals surface area contributed by atoms with Gasteiger partial charge in [0.15, 0.2) is 0 Å². The van der Waals surface area contributed by atoms with Crippen LogP contribution in [0, 0.1) is 13.8 Å². The normalized spacial score (nSPS) is 12.5. The third kappa shape index (κ3) is 6.30. The Morgan fingerprint density at radius 1 is 0.939 bits per heavy atom. The maximum Gasteiger partial charge on any atom is 0.243 e. The SMILES string of the molecule is CC[C@H](C)c1ccc(NC(=O)CN(Cc2ccccc2)S(=O)(=O)c2ccc(C)c(C)c2)cc1. The quantitative estimate of drug-likeness (QED) is 0.445. The molecule has 1 atom stereocenters. The average molecular weight is 465 g/mol. The molecule has 0 aliphatic heterocycles. The monoisotopic (exact) mass is 464 g/mol. The van der Waals surface area contributed by atoms with Crippen molar-refractivity contribution in [1.82, 2.24) is 4.31 Å². The van der Waals surface area contributed by atoms with Crippen LogP contribution < -0.4 is 5.32 Å². The van der Waals surface area contributed by atoms with E-state index in [-0.39, 0.29) is 23.9 Å². The van der Waals surface area contributed by atoms with Crippen LogP contribution in [-0.4, -0.2) is 25.2 Å². The number of carbonyl (C=O) groups is 1. The first-order chi connectivity index (χ1) is 15.7. The number of sulfonamides is 1. The zero-order valence-electron chi connectivity index (χ0n) is 19.7. The van der Waals surface area contributed by atoms with Crippen LogP contribution in [0.2, 0.25) is 0 Å². The lowest BCUT2D eigenvalue weighted by atomic mass is 9.99. The Balaban J connectivity index is 1.83. The van der Waals surface area contributed by atoms with E-state index in [2.05, 4.69) is 19.2 Å². The highest BCUT2D eigenvalue weighted by molar-refractivity contribution is 7.89. The van der Waals surface area contributed by atoms with Crippen LogP contribution in [0.5, 0.6) is 0 Å². The number of rotatable bonds is 9. The van der Waals surface area contributed by atoms with E-state index in [4.69, 9.17) is 0 Å². The number of carbonyl (C=O) groups excluding carboxylic acids is 1. The first kappa shape index (κ1) is 24.7. The van der Waals surface area contributed by atoms with Gasteiger partial charge in [0.05, 0.1) is 11.4 Å². The second-order valence-corrected chi connectivity index (χ2v) is 10.4. The van der Waals surface area contributed by atoms with Crippen molar-refractivity contribution in [3.8, 4) is 0 Å². The molecule has 174 valence electrons. The van der Waals surface area contributed by atoms with Gasteiger partial charge in [-0.05, 0) is 72.7 Å². The molecule has 0 aliphatic rings. The molecular weight excluding hydrogens is 432 g/mol. The molecule has 3 aromatic rings. The van der Waals surface area contributed by atoms with Crippen molar-refractivity contribution in [1.29, 1.82) is 0 Å². The molecule has 0 unspecified atom stereocenters. The number of hydrogen-bond donors (Lipinski definition) is 1. The highest BCUT2D eigenvalue weighted by Crippen LogP contribution is 2.23. The second-order valence-electron chi connectivity index (χ2n) is 8.48. The maximum atomic E-state index is 13.5. The summed E-state index contributed by atoms with van der Waals surface area (Å²) >= 11 is 0. The van der Waals surface area contributed by atoms with Gasteiger partial charge in [0.25, 0.3) is 0 Å². The van der Waals surface area contributed by atoms with Gasteiger partial charge in [-0.2, -0.15) is 4.31 Å². The molecule has 3 aromatic carbocycles. The Kier molecular flexibility index (Phi) is 8.06. The van der Waals surface area contributed by atoms with E-state index in [1.165, 1.54) is 9.87 Å². The van der Waals surface area contributed by atoms with E-state index in [9.17, 15) is 13.2 Å². The highest BCUT2D eigenvalue weighted by Gasteiger charge is 2.27. The van der Waals surface area contributed by atoms with Crippen molar-refractivity contribution in [3.05, 3.63) is 95.1 Å². The van der Waals surface area contributed by atoms with Gasteiger partial charge in [0.1, 0.15) is 0 Å². The van der Waals surface area contributed by atoms with Gasteiger partial charge in [-0.3, -0.25) is 4.79 Å². The summed E-state index contributed by atoms with van der Waals surface area (Å²) in [5.41, 5.74) is 4.58. The van der Waals surface area contributed by atoms with Gasteiger partial charge >= 0.3 is 0 Å². The van der Waals surface area contributed by atoms with Crippen molar-refractivity contribution in [2.24, 2.45) is 0 Å². The molecule has 6 heteroatoms. The van der Waals surface area contributed by atoms with Gasteiger partial charge < -0.3 is 5.32 Å². The molecule has 0 fully saturated rings. The summed E-state index contributed by atoms with van der Waals surface area (Å²) in [5, 5.41) is 2.84. The Morgan fingerprint density at radius 2 is 1.61 bits per heavy atom. The summed E-state index contributed by atoms with van der Waals surface area (Å²) in [7, 11) is -3.87. The standard InChI is InChI=1S/C27H32N2O3S/c1-5-20(2)24-12-14-25(15-13-24)28-27(30)19-29(18-23-9-7-6-8-10-23)33(31,32)26-16-11-21(3)22(4)17-26/h6-17,20H,5,18-19H2,1-4H3,(H,28,30)/t20-/m0/s1. The van der Waals surface area contributed by atoms with E-state index in [0.717, 1.165) is 23.1 Å². The smallest absolute Gasteiger partial charge is 0.243 e. The molecule has 1 amide bonds. The molecule has 0 aliphatic carbocycles. The van der Waals surface area contributed by atoms with Crippen molar-refractivity contribution >= 4 is 21.6 Å². The number of benzene rings is 3. The van der Waals surface area contributed by atoms with Gasteiger partial charge in [0.2, 0.25) is 15.9 Å². The molecule has 0 bridgehead atoms. The van der Waals surface area contributed by atoms with Gasteiger partial charge in [-0.1, -0.05) is 62.4 Å². The van der Waals surface area contributed by atoms with Crippen LogP contribution >= 0.6 is 0 Å². The second kappa shape index (κ2) is 10.8. The van der Waals surface area contributed by atoms with Crippen LogP contribution in [0.3, 0.4) is 0 Å². The van der Waals surface area contributed by atoms with E-state index >= 15 is 0 Å². The largest absolute Gasteiger partial charge is 0.325 e. The van der Waals surface area contributed by atoms with E-state index in [1.54, 1.807) is 18.2 Å². The third-order valence-electron chi connectivity index (χ3n) is 6.01. The summed E-state index contributed by atoms with van der Waals surface area (Å²) in [6, 6.07) is 22.1. The zero-order valence-corrected chi connectivity index (χ0v) is 20.5.